The molecule has 34 heavy (non-hydrogen) atoms. The van der Waals surface area contributed by atoms with Crippen LogP contribution >= 0.6 is 11.6 Å². The minimum Gasteiger partial charge on any atom is -0.491 e. The van der Waals surface area contributed by atoms with Crippen molar-refractivity contribution in [2.75, 3.05) is 10.6 Å². The van der Waals surface area contributed by atoms with E-state index in [4.69, 9.17) is 16.3 Å². The van der Waals surface area contributed by atoms with Crippen molar-refractivity contribution in [1.29, 1.82) is 0 Å². The Kier molecular flexibility index (Phi) is 6.34. The smallest absolute Gasteiger partial charge is 0.163 e. The molecule has 0 radical (unpaired) electrons. The Labute approximate surface area is 206 Å². The number of fused-ring (bicyclic) bond motifs is 1. The lowest BCUT2D eigenvalue weighted by Crippen LogP contribution is -2.26. The molecule has 4 nitrogen and oxygen atoms in total. The molecule has 0 bridgehead atoms. The van der Waals surface area contributed by atoms with Crippen LogP contribution in [0.3, 0.4) is 0 Å². The Bertz CT molecular complexity index is 1220. The van der Waals surface area contributed by atoms with E-state index in [2.05, 4.69) is 48.7 Å². The average Bonchev–Trinajstić information content (AvgIpc) is 3.02. The van der Waals surface area contributed by atoms with Gasteiger partial charge in [-0.25, -0.2) is 0 Å². The minimum absolute atomic E-state index is 0.119. The molecule has 3 aromatic carbocycles. The number of hydrogen-bond donors (Lipinski definition) is 2. The quantitative estimate of drug-likeness (QED) is 0.403. The van der Waals surface area contributed by atoms with Crippen LogP contribution in [0.4, 0.5) is 11.4 Å². The number of benzene rings is 3. The predicted octanol–water partition coefficient (Wildman–Crippen LogP) is 7.50. The standard InChI is InChI=1S/C29H29ClN2O2/c1-3-18(2)34-23-14-10-20(11-15-23)29-28-26(31-24-6-4-5-7-25(24)32-29)16-21(17-27(28)33)19-8-12-22(30)13-9-19/h4-15,18,21,29,31-32H,3,16-17H2,1-2H3. The van der Waals surface area contributed by atoms with Crippen molar-refractivity contribution in [3.63, 3.8) is 0 Å². The van der Waals surface area contributed by atoms with Crippen molar-refractivity contribution >= 4 is 28.8 Å². The lowest BCUT2D eigenvalue weighted by atomic mass is 9.78. The van der Waals surface area contributed by atoms with Gasteiger partial charge in [0.2, 0.25) is 0 Å². The molecule has 1 heterocycles. The van der Waals surface area contributed by atoms with Gasteiger partial charge in [-0.3, -0.25) is 4.79 Å². The van der Waals surface area contributed by atoms with Crippen molar-refractivity contribution in [3.8, 4) is 5.75 Å². The number of allylic oxidation sites excluding steroid dienone is 1. The third-order valence-corrected chi connectivity index (χ3v) is 7.03. The summed E-state index contributed by atoms with van der Waals surface area (Å²) in [7, 11) is 0. The number of halogens is 1. The molecule has 0 saturated heterocycles. The SMILES string of the molecule is CCC(C)Oc1ccc(C2Nc3ccccc3NC3=C2C(=O)CC(c2ccc(Cl)cc2)C3)cc1. The van der Waals surface area contributed by atoms with Gasteiger partial charge in [0, 0.05) is 22.7 Å². The zero-order valence-electron chi connectivity index (χ0n) is 19.5. The van der Waals surface area contributed by atoms with Gasteiger partial charge in [-0.05, 0) is 73.2 Å². The van der Waals surface area contributed by atoms with E-state index in [1.165, 1.54) is 0 Å². The number of ketones is 1. The summed E-state index contributed by atoms with van der Waals surface area (Å²) in [6.45, 7) is 4.18. The van der Waals surface area contributed by atoms with Gasteiger partial charge in [0.15, 0.2) is 5.78 Å². The maximum atomic E-state index is 13.6. The second-order valence-electron chi connectivity index (χ2n) is 9.13. The molecule has 0 saturated carbocycles. The highest BCUT2D eigenvalue weighted by molar-refractivity contribution is 6.30. The highest BCUT2D eigenvalue weighted by Crippen LogP contribution is 2.44. The van der Waals surface area contributed by atoms with Gasteiger partial charge in [0.1, 0.15) is 5.75 Å². The van der Waals surface area contributed by atoms with Crippen molar-refractivity contribution in [1.82, 2.24) is 0 Å². The van der Waals surface area contributed by atoms with Crippen LogP contribution in [0.15, 0.2) is 84.1 Å². The van der Waals surface area contributed by atoms with Gasteiger partial charge in [-0.2, -0.15) is 0 Å². The van der Waals surface area contributed by atoms with E-state index >= 15 is 0 Å². The first-order chi connectivity index (χ1) is 16.5. The van der Waals surface area contributed by atoms with E-state index in [9.17, 15) is 4.79 Å². The van der Waals surface area contributed by atoms with Crippen LogP contribution in [-0.4, -0.2) is 11.9 Å². The van der Waals surface area contributed by atoms with E-state index in [0.29, 0.717) is 11.4 Å². The normalized spacial score (nSPS) is 20.4. The number of anilines is 2. The van der Waals surface area contributed by atoms with Crippen LogP contribution in [0.25, 0.3) is 0 Å². The largest absolute Gasteiger partial charge is 0.491 e. The highest BCUT2D eigenvalue weighted by atomic mass is 35.5. The maximum Gasteiger partial charge on any atom is 0.163 e. The van der Waals surface area contributed by atoms with E-state index < -0.39 is 0 Å². The second kappa shape index (κ2) is 9.55. The number of hydrogen-bond acceptors (Lipinski definition) is 4. The molecule has 1 aliphatic heterocycles. The second-order valence-corrected chi connectivity index (χ2v) is 9.56. The summed E-state index contributed by atoms with van der Waals surface area (Å²) in [5, 5.41) is 7.94. The molecule has 0 aromatic heterocycles. The number of para-hydroxylation sites is 2. The fourth-order valence-electron chi connectivity index (χ4n) is 4.77. The van der Waals surface area contributed by atoms with Crippen molar-refractivity contribution in [3.05, 3.63) is 100 Å². The molecule has 0 fully saturated rings. The van der Waals surface area contributed by atoms with Gasteiger partial charge >= 0.3 is 0 Å². The van der Waals surface area contributed by atoms with Crippen molar-refractivity contribution in [2.45, 2.75) is 51.2 Å². The van der Waals surface area contributed by atoms with Crippen LogP contribution < -0.4 is 15.4 Å². The molecule has 2 N–H and O–H groups in total. The Hall–Kier alpha value is -3.24. The van der Waals surface area contributed by atoms with E-state index in [1.54, 1.807) is 0 Å². The molecular formula is C29H29ClN2O2. The van der Waals surface area contributed by atoms with Crippen LogP contribution in [0.2, 0.25) is 5.02 Å². The van der Waals surface area contributed by atoms with Crippen molar-refractivity contribution < 1.29 is 9.53 Å². The first-order valence-corrected chi connectivity index (χ1v) is 12.3. The third kappa shape index (κ3) is 4.55. The fourth-order valence-corrected chi connectivity index (χ4v) is 4.89. The molecule has 1 aliphatic carbocycles. The average molecular weight is 473 g/mol. The summed E-state index contributed by atoms with van der Waals surface area (Å²) < 4.78 is 5.96. The predicted molar refractivity (Wildman–Crippen MR) is 139 cm³/mol. The molecule has 3 unspecified atom stereocenters. The third-order valence-electron chi connectivity index (χ3n) is 6.78. The molecule has 0 spiro atoms. The molecular weight excluding hydrogens is 444 g/mol. The molecule has 0 amide bonds. The number of ether oxygens (including phenoxy) is 1. The lowest BCUT2D eigenvalue weighted by molar-refractivity contribution is -0.116. The van der Waals surface area contributed by atoms with E-state index in [1.807, 2.05) is 48.5 Å². The molecule has 2 aliphatic rings. The molecule has 174 valence electrons. The number of Topliss-reactive ketones (excluding diaryl/α,β-unsaturated/α-hetero) is 1. The number of nitrogens with one attached hydrogen (secondary N) is 2. The number of carbonyl (C=O) groups excluding carboxylic acids is 1. The topological polar surface area (TPSA) is 50.4 Å². The minimum atomic E-state index is -0.234. The summed E-state index contributed by atoms with van der Waals surface area (Å²) in [5.41, 5.74) is 5.95. The first-order valence-electron chi connectivity index (χ1n) is 11.9. The van der Waals surface area contributed by atoms with Gasteiger partial charge < -0.3 is 15.4 Å². The van der Waals surface area contributed by atoms with Gasteiger partial charge in [0.05, 0.1) is 23.5 Å². The van der Waals surface area contributed by atoms with Gasteiger partial charge in [-0.15, -0.1) is 0 Å². The number of carbonyl (C=O) groups is 1. The zero-order chi connectivity index (χ0) is 23.7. The molecule has 5 heteroatoms. The van der Waals surface area contributed by atoms with E-state index in [0.717, 1.165) is 52.4 Å². The van der Waals surface area contributed by atoms with E-state index in [-0.39, 0.29) is 23.8 Å². The molecule has 3 aromatic rings. The summed E-state index contributed by atoms with van der Waals surface area (Å²) in [6.07, 6.45) is 2.36. The fraction of sp³-hybridized carbons (Fsp3) is 0.276. The summed E-state index contributed by atoms with van der Waals surface area (Å²) in [5.74, 6) is 1.13. The zero-order valence-corrected chi connectivity index (χ0v) is 20.2. The molecule has 3 atom stereocenters. The van der Waals surface area contributed by atoms with Crippen LogP contribution in [-0.2, 0) is 4.79 Å². The maximum absolute atomic E-state index is 13.6. The van der Waals surface area contributed by atoms with Crippen LogP contribution in [0.1, 0.15) is 56.2 Å². The van der Waals surface area contributed by atoms with Crippen LogP contribution in [0, 0.1) is 0 Å². The summed E-state index contributed by atoms with van der Waals surface area (Å²) in [4.78, 5) is 13.6. The van der Waals surface area contributed by atoms with Crippen LogP contribution in [0.5, 0.6) is 5.75 Å². The number of rotatable bonds is 5. The van der Waals surface area contributed by atoms with Crippen molar-refractivity contribution in [2.24, 2.45) is 0 Å². The Balaban J connectivity index is 1.52. The molecule has 5 rings (SSSR count). The summed E-state index contributed by atoms with van der Waals surface area (Å²) in [6, 6.07) is 23.9. The Morgan fingerprint density at radius 1 is 0.941 bits per heavy atom. The monoisotopic (exact) mass is 472 g/mol. The Morgan fingerprint density at radius 3 is 2.32 bits per heavy atom. The Morgan fingerprint density at radius 2 is 1.62 bits per heavy atom. The lowest BCUT2D eigenvalue weighted by Gasteiger charge is -2.30. The van der Waals surface area contributed by atoms with Gasteiger partial charge in [-0.1, -0.05) is 54.9 Å². The highest BCUT2D eigenvalue weighted by Gasteiger charge is 2.36. The first kappa shape index (κ1) is 22.5. The summed E-state index contributed by atoms with van der Waals surface area (Å²) >= 11 is 6.10. The van der Waals surface area contributed by atoms with Gasteiger partial charge in [0.25, 0.3) is 0 Å².